The van der Waals surface area contributed by atoms with Gasteiger partial charge in [-0.25, -0.2) is 0 Å². The van der Waals surface area contributed by atoms with E-state index < -0.39 is 48.2 Å². The molecule has 0 amide bonds. The Hall–Kier alpha value is -1.52. The molecule has 5 N–H and O–H groups in total. The van der Waals surface area contributed by atoms with E-state index in [0.717, 1.165) is 51.4 Å². The van der Waals surface area contributed by atoms with Crippen LogP contribution in [-0.4, -0.2) is 74.8 Å². The van der Waals surface area contributed by atoms with Gasteiger partial charge in [0.05, 0.1) is 11.5 Å². The van der Waals surface area contributed by atoms with Gasteiger partial charge in [-0.15, -0.1) is 0 Å². The smallest absolute Gasteiger partial charge is 0.310 e. The minimum atomic E-state index is -1.63. The molecule has 260 valence electrons. The number of aliphatic hydroxyl groups excluding tert-OH is 4. The molecule has 6 aliphatic rings. The fourth-order valence-electron chi connectivity index (χ4n) is 13.1. The maximum atomic E-state index is 13.0. The van der Waals surface area contributed by atoms with Gasteiger partial charge in [-0.3, -0.25) is 9.59 Å². The summed E-state index contributed by atoms with van der Waals surface area (Å²) in [7, 11) is 0. The molecule has 16 atom stereocenters. The van der Waals surface area contributed by atoms with Gasteiger partial charge in [0.15, 0.2) is 0 Å². The van der Waals surface area contributed by atoms with Crippen molar-refractivity contribution in [3.8, 4) is 0 Å². The highest BCUT2D eigenvalue weighted by molar-refractivity contribution is 5.76. The third-order valence-corrected chi connectivity index (χ3v) is 16.1. The monoisotopic (exact) mass is 646 g/mol. The standard InChI is InChI=1S/C37H58O9/c1-19-10-15-37(32(43)44)17-16-35(6)21(25(37)20(19)2)8-9-24-34(5)13-11-22(33(3,4)23(34)12-14-36(24,35)7)26(39)30-28(41)27(40)29(42)31(46-30)45-18-38/h8,18-20,22-31,39-42H,9-17H2,1-7H3,(H,43,44)/t19-,20+,22+,23?,24?,25?,26?,27-,28?,29+,30+,31?,34+,35-,36-,37+/m1/s1. The number of carboxylic acids is 1. The Bertz CT molecular complexity index is 1250. The van der Waals surface area contributed by atoms with Crippen LogP contribution < -0.4 is 0 Å². The van der Waals surface area contributed by atoms with Crippen LogP contribution in [0.2, 0.25) is 0 Å². The largest absolute Gasteiger partial charge is 0.481 e. The van der Waals surface area contributed by atoms with Crippen molar-refractivity contribution in [3.05, 3.63) is 11.6 Å². The van der Waals surface area contributed by atoms with E-state index in [1.807, 2.05) is 0 Å². The lowest BCUT2D eigenvalue weighted by Gasteiger charge is -2.72. The third-order valence-electron chi connectivity index (χ3n) is 16.1. The average Bonchev–Trinajstić information content (AvgIpc) is 2.99. The topological polar surface area (TPSA) is 154 Å². The number of aliphatic hydroxyl groups is 4. The number of hydrogen-bond donors (Lipinski definition) is 5. The van der Waals surface area contributed by atoms with E-state index in [0.29, 0.717) is 24.2 Å². The van der Waals surface area contributed by atoms with Crippen LogP contribution in [0.3, 0.4) is 0 Å². The zero-order chi connectivity index (χ0) is 33.8. The van der Waals surface area contributed by atoms with E-state index in [4.69, 9.17) is 9.47 Å². The van der Waals surface area contributed by atoms with Crippen molar-refractivity contribution in [2.24, 2.45) is 62.6 Å². The number of rotatable bonds is 5. The average molecular weight is 647 g/mol. The van der Waals surface area contributed by atoms with Crippen LogP contribution in [0.25, 0.3) is 0 Å². The van der Waals surface area contributed by atoms with Crippen LogP contribution in [-0.2, 0) is 19.1 Å². The molecule has 1 aliphatic heterocycles. The van der Waals surface area contributed by atoms with Crippen molar-refractivity contribution >= 4 is 12.4 Å². The van der Waals surface area contributed by atoms with Crippen molar-refractivity contribution in [2.75, 3.05) is 0 Å². The Morgan fingerprint density at radius 1 is 0.935 bits per heavy atom. The molecule has 5 aliphatic carbocycles. The summed E-state index contributed by atoms with van der Waals surface area (Å²) in [4.78, 5) is 24.0. The Morgan fingerprint density at radius 2 is 1.63 bits per heavy atom. The molecule has 4 saturated carbocycles. The summed E-state index contributed by atoms with van der Waals surface area (Å²) >= 11 is 0. The molecule has 6 unspecified atom stereocenters. The highest BCUT2D eigenvalue weighted by Crippen LogP contribution is 2.76. The highest BCUT2D eigenvalue weighted by atomic mass is 16.7. The predicted molar refractivity (Wildman–Crippen MR) is 170 cm³/mol. The molecule has 0 radical (unpaired) electrons. The Labute approximate surface area is 274 Å². The number of aliphatic carboxylic acids is 1. The van der Waals surface area contributed by atoms with E-state index >= 15 is 0 Å². The lowest BCUT2D eigenvalue weighted by molar-refractivity contribution is -0.308. The lowest BCUT2D eigenvalue weighted by Crippen LogP contribution is -2.67. The number of fused-ring (bicyclic) bond motifs is 7. The molecule has 0 spiro atoms. The first-order chi connectivity index (χ1) is 21.4. The molecule has 46 heavy (non-hydrogen) atoms. The van der Waals surface area contributed by atoms with Crippen LogP contribution in [0.15, 0.2) is 11.6 Å². The molecule has 0 bridgehead atoms. The second kappa shape index (κ2) is 11.3. The fraction of sp³-hybridized carbons (Fsp3) is 0.892. The molecule has 5 fully saturated rings. The summed E-state index contributed by atoms with van der Waals surface area (Å²) in [6.07, 6.45) is 1.77. The molecule has 9 heteroatoms. The van der Waals surface area contributed by atoms with Crippen LogP contribution >= 0.6 is 0 Å². The van der Waals surface area contributed by atoms with E-state index in [1.165, 1.54) is 5.57 Å². The van der Waals surface area contributed by atoms with Gasteiger partial charge in [-0.1, -0.05) is 60.1 Å². The molecule has 0 aromatic rings. The quantitative estimate of drug-likeness (QED) is 0.212. The second-order valence-corrected chi connectivity index (χ2v) is 17.7. The summed E-state index contributed by atoms with van der Waals surface area (Å²) in [5.41, 5.74) is 0.322. The maximum Gasteiger partial charge on any atom is 0.310 e. The van der Waals surface area contributed by atoms with E-state index in [9.17, 15) is 35.1 Å². The molecular formula is C37H58O9. The fourth-order valence-corrected chi connectivity index (χ4v) is 13.1. The number of carbonyl (C=O) groups is 2. The van der Waals surface area contributed by atoms with Crippen molar-refractivity contribution in [1.82, 2.24) is 0 Å². The van der Waals surface area contributed by atoms with E-state index in [1.54, 1.807) is 0 Å². The minimum absolute atomic E-state index is 0.0112. The lowest BCUT2D eigenvalue weighted by atomic mass is 9.33. The first-order valence-electron chi connectivity index (χ1n) is 17.8. The van der Waals surface area contributed by atoms with Crippen LogP contribution in [0.4, 0.5) is 0 Å². The summed E-state index contributed by atoms with van der Waals surface area (Å²) in [5.74, 6) is 0.705. The number of carbonyl (C=O) groups excluding carboxylic acids is 1. The zero-order valence-electron chi connectivity index (χ0n) is 28.8. The molecule has 0 aromatic heterocycles. The molecular weight excluding hydrogens is 588 g/mol. The van der Waals surface area contributed by atoms with Crippen LogP contribution in [0, 0.1) is 62.6 Å². The van der Waals surface area contributed by atoms with Gasteiger partial charge in [0, 0.05) is 0 Å². The van der Waals surface area contributed by atoms with Crippen molar-refractivity contribution in [1.29, 1.82) is 0 Å². The number of hydrogen-bond acceptors (Lipinski definition) is 8. The highest BCUT2D eigenvalue weighted by Gasteiger charge is 2.70. The Kier molecular flexibility index (Phi) is 8.41. The predicted octanol–water partition coefficient (Wildman–Crippen LogP) is 4.69. The Balaban J connectivity index is 1.31. The molecule has 6 rings (SSSR count). The van der Waals surface area contributed by atoms with Gasteiger partial charge < -0.3 is 35.0 Å². The Morgan fingerprint density at radius 3 is 2.28 bits per heavy atom. The molecule has 0 aromatic carbocycles. The number of allylic oxidation sites excluding steroid dienone is 2. The van der Waals surface area contributed by atoms with Gasteiger partial charge in [0.25, 0.3) is 6.47 Å². The summed E-state index contributed by atoms with van der Waals surface area (Å²) in [6.45, 7) is 16.5. The van der Waals surface area contributed by atoms with Crippen LogP contribution in [0.1, 0.15) is 106 Å². The second-order valence-electron chi connectivity index (χ2n) is 17.7. The molecule has 1 heterocycles. The van der Waals surface area contributed by atoms with Gasteiger partial charge in [0.1, 0.15) is 24.4 Å². The number of carboxylic acid groups (broad SMARTS) is 1. The molecule has 9 nitrogen and oxygen atoms in total. The van der Waals surface area contributed by atoms with Crippen molar-refractivity contribution < 1.29 is 44.6 Å². The zero-order valence-corrected chi connectivity index (χ0v) is 28.8. The number of ether oxygens (including phenoxy) is 2. The van der Waals surface area contributed by atoms with E-state index in [2.05, 4.69) is 54.5 Å². The molecule has 1 saturated heterocycles. The summed E-state index contributed by atoms with van der Waals surface area (Å²) < 4.78 is 10.6. The first kappa shape index (κ1) is 34.3. The summed E-state index contributed by atoms with van der Waals surface area (Å²) in [6, 6.07) is 0. The van der Waals surface area contributed by atoms with Gasteiger partial charge in [0.2, 0.25) is 6.29 Å². The van der Waals surface area contributed by atoms with Crippen molar-refractivity contribution in [3.63, 3.8) is 0 Å². The third kappa shape index (κ3) is 4.43. The maximum absolute atomic E-state index is 13.0. The van der Waals surface area contributed by atoms with Gasteiger partial charge in [-0.05, 0) is 115 Å². The SMILES string of the molecule is C[C@@H]1CC[C@]2(C(=O)O)CC[C@]3(C)C(=CCC4[C@@]5(C)CC[C@@H](C(O)[C@@H]6OC(OC=O)[C@@H](O)[C@H](O)C6O)C(C)(C)C5CC[C@]43C)C2[C@H]1C. The van der Waals surface area contributed by atoms with Gasteiger partial charge in [-0.2, -0.15) is 0 Å². The van der Waals surface area contributed by atoms with Crippen molar-refractivity contribution in [2.45, 2.75) is 143 Å². The van der Waals surface area contributed by atoms with E-state index in [-0.39, 0.29) is 45.9 Å². The summed E-state index contributed by atoms with van der Waals surface area (Å²) in [5, 5.41) is 54.1. The normalized spacial score (nSPS) is 53.7. The first-order valence-corrected chi connectivity index (χ1v) is 17.8. The van der Waals surface area contributed by atoms with Gasteiger partial charge >= 0.3 is 5.97 Å². The van der Waals surface area contributed by atoms with Crippen LogP contribution in [0.5, 0.6) is 0 Å². The minimum Gasteiger partial charge on any atom is -0.481 e.